The lowest BCUT2D eigenvalue weighted by Crippen LogP contribution is -2.29. The fraction of sp³-hybridized carbons (Fsp3) is 0.562. The van der Waals surface area contributed by atoms with Crippen LogP contribution in [-0.4, -0.2) is 43.7 Å². The molecule has 0 saturated carbocycles. The molecule has 1 saturated heterocycles. The van der Waals surface area contributed by atoms with Crippen LogP contribution in [0.15, 0.2) is 30.3 Å². The van der Waals surface area contributed by atoms with Gasteiger partial charge in [0.25, 0.3) is 0 Å². The zero-order valence-corrected chi connectivity index (χ0v) is 12.5. The van der Waals surface area contributed by atoms with E-state index in [1.54, 1.807) is 0 Å². The van der Waals surface area contributed by atoms with E-state index < -0.39 is 0 Å². The number of carbonyl (C=O) groups is 1. The Morgan fingerprint density at radius 1 is 1.38 bits per heavy atom. The van der Waals surface area contributed by atoms with Crippen molar-refractivity contribution < 1.29 is 9.53 Å². The second-order valence-corrected chi connectivity index (χ2v) is 5.52. The minimum atomic E-state index is -0.337. The molecule has 1 aliphatic rings. The molecule has 0 bridgehead atoms. The van der Waals surface area contributed by atoms with Gasteiger partial charge in [-0.2, -0.15) is 0 Å². The minimum absolute atomic E-state index is 0.320. The molecule has 1 aromatic rings. The van der Waals surface area contributed by atoms with E-state index in [0.29, 0.717) is 19.1 Å². The highest BCUT2D eigenvalue weighted by molar-refractivity contribution is 5.67. The first-order valence-electron chi connectivity index (χ1n) is 7.65. The van der Waals surface area contributed by atoms with Gasteiger partial charge in [-0.15, -0.1) is 0 Å². The summed E-state index contributed by atoms with van der Waals surface area (Å²) in [5.74, 6) is 0.658. The number of carbonyl (C=O) groups excluding carboxylic acids is 1. The summed E-state index contributed by atoms with van der Waals surface area (Å²) in [6.07, 6.45) is 1.86. The second kappa shape index (κ2) is 8.64. The van der Waals surface area contributed by atoms with Crippen molar-refractivity contribution in [2.75, 3.05) is 32.7 Å². The van der Waals surface area contributed by atoms with E-state index in [0.717, 1.165) is 38.2 Å². The number of likely N-dealkylation sites (tertiary alicyclic amines) is 1. The maximum atomic E-state index is 11.6. The van der Waals surface area contributed by atoms with Crippen LogP contribution in [0.3, 0.4) is 0 Å². The minimum Gasteiger partial charge on any atom is -0.445 e. The largest absolute Gasteiger partial charge is 0.445 e. The molecular formula is C16H25N3O2. The first kappa shape index (κ1) is 15.8. The Morgan fingerprint density at radius 3 is 2.95 bits per heavy atom. The third-order valence-corrected chi connectivity index (χ3v) is 3.85. The van der Waals surface area contributed by atoms with Crippen molar-refractivity contribution in [3.05, 3.63) is 35.9 Å². The molecule has 2 rings (SSSR count). The maximum absolute atomic E-state index is 11.6. The summed E-state index contributed by atoms with van der Waals surface area (Å²) in [4.78, 5) is 14.0. The zero-order valence-electron chi connectivity index (χ0n) is 12.5. The van der Waals surface area contributed by atoms with E-state index >= 15 is 0 Å². The maximum Gasteiger partial charge on any atom is 0.407 e. The summed E-state index contributed by atoms with van der Waals surface area (Å²) < 4.78 is 5.18. The number of hydrogen-bond donors (Lipinski definition) is 2. The van der Waals surface area contributed by atoms with Crippen molar-refractivity contribution in [2.24, 2.45) is 11.7 Å². The zero-order chi connectivity index (χ0) is 14.9. The van der Waals surface area contributed by atoms with Gasteiger partial charge in [0, 0.05) is 26.2 Å². The van der Waals surface area contributed by atoms with Crippen molar-refractivity contribution in [3.8, 4) is 0 Å². The molecule has 5 heteroatoms. The fourth-order valence-corrected chi connectivity index (χ4v) is 2.69. The number of hydrogen-bond acceptors (Lipinski definition) is 4. The van der Waals surface area contributed by atoms with Crippen LogP contribution in [-0.2, 0) is 11.3 Å². The van der Waals surface area contributed by atoms with Gasteiger partial charge < -0.3 is 20.7 Å². The number of ether oxygens (including phenoxy) is 1. The summed E-state index contributed by atoms with van der Waals surface area (Å²) in [7, 11) is 0. The van der Waals surface area contributed by atoms with Gasteiger partial charge in [-0.1, -0.05) is 30.3 Å². The molecule has 0 radical (unpaired) electrons. The quantitative estimate of drug-likeness (QED) is 0.800. The Hall–Kier alpha value is -1.59. The molecule has 1 amide bonds. The second-order valence-electron chi connectivity index (χ2n) is 5.52. The van der Waals surface area contributed by atoms with Crippen molar-refractivity contribution in [2.45, 2.75) is 19.4 Å². The predicted octanol–water partition coefficient (Wildman–Crippen LogP) is 1.58. The van der Waals surface area contributed by atoms with Gasteiger partial charge in [0.2, 0.25) is 0 Å². The molecule has 1 atom stereocenters. The van der Waals surface area contributed by atoms with Crippen molar-refractivity contribution in [1.82, 2.24) is 10.2 Å². The fourth-order valence-electron chi connectivity index (χ4n) is 2.69. The van der Waals surface area contributed by atoms with Gasteiger partial charge in [-0.25, -0.2) is 4.79 Å². The van der Waals surface area contributed by atoms with Crippen LogP contribution >= 0.6 is 0 Å². The van der Waals surface area contributed by atoms with Crippen molar-refractivity contribution in [3.63, 3.8) is 0 Å². The van der Waals surface area contributed by atoms with E-state index in [4.69, 9.17) is 10.5 Å². The van der Waals surface area contributed by atoms with Crippen LogP contribution in [0, 0.1) is 5.92 Å². The standard InChI is InChI=1S/C16H25N3O2/c17-8-11-19-10-7-14(12-19)6-9-18-16(20)21-13-15-4-2-1-3-5-15/h1-5,14H,6-13,17H2,(H,18,20). The number of nitrogens with zero attached hydrogens (tertiary/aromatic N) is 1. The molecule has 1 aromatic carbocycles. The van der Waals surface area contributed by atoms with Crippen LogP contribution in [0.1, 0.15) is 18.4 Å². The molecule has 0 spiro atoms. The topological polar surface area (TPSA) is 67.6 Å². The molecule has 0 aromatic heterocycles. The molecule has 3 N–H and O–H groups in total. The molecule has 1 aliphatic heterocycles. The highest BCUT2D eigenvalue weighted by Gasteiger charge is 2.21. The van der Waals surface area contributed by atoms with E-state index in [9.17, 15) is 4.79 Å². The van der Waals surface area contributed by atoms with Crippen LogP contribution in [0.5, 0.6) is 0 Å². The summed E-state index contributed by atoms with van der Waals surface area (Å²) in [5, 5.41) is 2.82. The predicted molar refractivity (Wildman–Crippen MR) is 82.8 cm³/mol. The Labute approximate surface area is 126 Å². The summed E-state index contributed by atoms with van der Waals surface area (Å²) in [6, 6.07) is 9.70. The van der Waals surface area contributed by atoms with Gasteiger partial charge in [-0.05, 0) is 30.9 Å². The normalized spacial score (nSPS) is 18.6. The molecule has 1 heterocycles. The molecular weight excluding hydrogens is 266 g/mol. The van der Waals surface area contributed by atoms with E-state index in [1.807, 2.05) is 30.3 Å². The monoisotopic (exact) mass is 291 g/mol. The van der Waals surface area contributed by atoms with Crippen molar-refractivity contribution in [1.29, 1.82) is 0 Å². The third kappa shape index (κ3) is 5.73. The average Bonchev–Trinajstić information content (AvgIpc) is 2.94. The Morgan fingerprint density at radius 2 is 2.19 bits per heavy atom. The van der Waals surface area contributed by atoms with Crippen LogP contribution in [0.25, 0.3) is 0 Å². The lowest BCUT2D eigenvalue weighted by molar-refractivity contribution is 0.139. The number of nitrogens with one attached hydrogen (secondary N) is 1. The Kier molecular flexibility index (Phi) is 6.50. The first-order chi connectivity index (χ1) is 10.3. The average molecular weight is 291 g/mol. The number of benzene rings is 1. The highest BCUT2D eigenvalue weighted by atomic mass is 16.5. The molecule has 1 fully saturated rings. The van der Waals surface area contributed by atoms with E-state index in [2.05, 4.69) is 10.2 Å². The summed E-state index contributed by atoms with van der Waals surface area (Å²) in [5.41, 5.74) is 6.56. The Balaban J connectivity index is 1.55. The van der Waals surface area contributed by atoms with E-state index in [1.165, 1.54) is 6.42 Å². The SMILES string of the molecule is NCCN1CCC(CCNC(=O)OCc2ccccc2)C1. The molecule has 21 heavy (non-hydrogen) atoms. The number of rotatable bonds is 7. The Bertz CT molecular complexity index is 425. The smallest absolute Gasteiger partial charge is 0.407 e. The van der Waals surface area contributed by atoms with Gasteiger partial charge in [0.1, 0.15) is 6.61 Å². The number of nitrogens with two attached hydrogens (primary N) is 1. The van der Waals surface area contributed by atoms with Gasteiger partial charge in [-0.3, -0.25) is 0 Å². The first-order valence-corrected chi connectivity index (χ1v) is 7.65. The summed E-state index contributed by atoms with van der Waals surface area (Å²) >= 11 is 0. The summed E-state index contributed by atoms with van der Waals surface area (Å²) in [6.45, 7) is 4.91. The van der Waals surface area contributed by atoms with Crippen LogP contribution in [0.4, 0.5) is 4.79 Å². The van der Waals surface area contributed by atoms with Gasteiger partial charge in [0.15, 0.2) is 0 Å². The van der Waals surface area contributed by atoms with E-state index in [-0.39, 0.29) is 6.09 Å². The van der Waals surface area contributed by atoms with Gasteiger partial charge >= 0.3 is 6.09 Å². The number of amides is 1. The number of alkyl carbamates (subject to hydrolysis) is 1. The molecule has 1 unspecified atom stereocenters. The molecule has 116 valence electrons. The van der Waals surface area contributed by atoms with Crippen LogP contribution in [0.2, 0.25) is 0 Å². The van der Waals surface area contributed by atoms with Gasteiger partial charge in [0.05, 0.1) is 0 Å². The van der Waals surface area contributed by atoms with Crippen LogP contribution < -0.4 is 11.1 Å². The highest BCUT2D eigenvalue weighted by Crippen LogP contribution is 2.18. The third-order valence-electron chi connectivity index (χ3n) is 3.85. The van der Waals surface area contributed by atoms with Crippen molar-refractivity contribution >= 4 is 6.09 Å². The molecule has 5 nitrogen and oxygen atoms in total. The lowest BCUT2D eigenvalue weighted by atomic mass is 10.1. The molecule has 0 aliphatic carbocycles. The lowest BCUT2D eigenvalue weighted by Gasteiger charge is -2.14.